The van der Waals surface area contributed by atoms with Gasteiger partial charge in [0.2, 0.25) is 0 Å². The Morgan fingerprint density at radius 2 is 2.24 bits per heavy atom. The number of amides is 1. The molecule has 2 rings (SSSR count). The zero-order chi connectivity index (χ0) is 12.4. The van der Waals surface area contributed by atoms with Crippen LogP contribution < -0.4 is 10.1 Å². The van der Waals surface area contributed by atoms with Crippen molar-refractivity contribution in [1.29, 1.82) is 0 Å². The van der Waals surface area contributed by atoms with Crippen LogP contribution in [0.2, 0.25) is 5.02 Å². The number of carbonyl (C=O) groups excluding carboxylic acids is 1. The Balaban J connectivity index is 2.17. The molecule has 92 valence electrons. The lowest BCUT2D eigenvalue weighted by Gasteiger charge is -2.26. The quantitative estimate of drug-likeness (QED) is 0.927. The summed E-state index contributed by atoms with van der Waals surface area (Å²) in [5, 5.41) is 3.40. The standard InChI is InChI=1S/C12H13BrClNO2/c1-17-11-9(13)5-7(6-10(11)14)12(16)15-8-3-2-4-8/h5-6,8H,2-4H2,1H3,(H,15,16). The smallest absolute Gasteiger partial charge is 0.251 e. The minimum absolute atomic E-state index is 0.0834. The van der Waals surface area contributed by atoms with Crippen molar-refractivity contribution in [1.82, 2.24) is 5.32 Å². The van der Waals surface area contributed by atoms with Crippen molar-refractivity contribution < 1.29 is 9.53 Å². The molecule has 1 aromatic rings. The summed E-state index contributed by atoms with van der Waals surface area (Å²) < 4.78 is 5.80. The van der Waals surface area contributed by atoms with Crippen LogP contribution >= 0.6 is 27.5 Å². The fourth-order valence-electron chi connectivity index (χ4n) is 1.71. The molecule has 0 aromatic heterocycles. The summed E-state index contributed by atoms with van der Waals surface area (Å²) in [6.07, 6.45) is 3.33. The molecular formula is C12H13BrClNO2. The molecule has 0 heterocycles. The lowest BCUT2D eigenvalue weighted by Crippen LogP contribution is -2.39. The van der Waals surface area contributed by atoms with Crippen molar-refractivity contribution in [2.45, 2.75) is 25.3 Å². The molecule has 1 amide bonds. The summed E-state index contributed by atoms with van der Waals surface area (Å²) in [6.45, 7) is 0. The number of ether oxygens (including phenoxy) is 1. The van der Waals surface area contributed by atoms with Crippen LogP contribution in [-0.2, 0) is 0 Å². The van der Waals surface area contributed by atoms with Crippen molar-refractivity contribution >= 4 is 33.4 Å². The monoisotopic (exact) mass is 317 g/mol. The van der Waals surface area contributed by atoms with Gasteiger partial charge in [-0.1, -0.05) is 11.6 Å². The first-order valence-corrected chi connectivity index (χ1v) is 6.63. The van der Waals surface area contributed by atoms with Crippen LogP contribution in [0.3, 0.4) is 0 Å². The maximum absolute atomic E-state index is 11.9. The number of nitrogens with one attached hydrogen (secondary N) is 1. The van der Waals surface area contributed by atoms with Crippen LogP contribution in [0.15, 0.2) is 16.6 Å². The summed E-state index contributed by atoms with van der Waals surface area (Å²) in [4.78, 5) is 11.9. The molecule has 1 aromatic carbocycles. The summed E-state index contributed by atoms with van der Waals surface area (Å²) in [7, 11) is 1.54. The first-order chi connectivity index (χ1) is 8.11. The number of hydrogen-bond acceptors (Lipinski definition) is 2. The van der Waals surface area contributed by atoms with Gasteiger partial charge in [-0.25, -0.2) is 0 Å². The van der Waals surface area contributed by atoms with E-state index in [4.69, 9.17) is 16.3 Å². The van der Waals surface area contributed by atoms with Gasteiger partial charge in [-0.15, -0.1) is 0 Å². The second kappa shape index (κ2) is 5.27. The third-order valence-corrected chi connectivity index (χ3v) is 3.77. The average Bonchev–Trinajstić information content (AvgIpc) is 2.22. The van der Waals surface area contributed by atoms with Gasteiger partial charge >= 0.3 is 0 Å². The van der Waals surface area contributed by atoms with E-state index >= 15 is 0 Å². The molecule has 3 nitrogen and oxygen atoms in total. The predicted octanol–water partition coefficient (Wildman–Crippen LogP) is 3.39. The summed E-state index contributed by atoms with van der Waals surface area (Å²) in [5.74, 6) is 0.465. The van der Waals surface area contributed by atoms with E-state index in [9.17, 15) is 4.79 Å². The summed E-state index contributed by atoms with van der Waals surface area (Å²) in [6, 6.07) is 3.67. The molecule has 0 atom stereocenters. The summed E-state index contributed by atoms with van der Waals surface area (Å²) >= 11 is 9.36. The first-order valence-electron chi connectivity index (χ1n) is 5.45. The second-order valence-corrected chi connectivity index (χ2v) is 5.34. The van der Waals surface area contributed by atoms with E-state index in [1.54, 1.807) is 19.2 Å². The Morgan fingerprint density at radius 3 is 2.71 bits per heavy atom. The predicted molar refractivity (Wildman–Crippen MR) is 70.8 cm³/mol. The number of hydrogen-bond donors (Lipinski definition) is 1. The van der Waals surface area contributed by atoms with Crippen molar-refractivity contribution in [3.05, 3.63) is 27.2 Å². The van der Waals surface area contributed by atoms with Gasteiger partial charge < -0.3 is 10.1 Å². The highest BCUT2D eigenvalue weighted by Gasteiger charge is 2.21. The van der Waals surface area contributed by atoms with Gasteiger partial charge in [0.1, 0.15) is 0 Å². The maximum atomic E-state index is 11.9. The fraction of sp³-hybridized carbons (Fsp3) is 0.417. The van der Waals surface area contributed by atoms with Crippen molar-refractivity contribution in [3.63, 3.8) is 0 Å². The number of carbonyl (C=O) groups is 1. The van der Waals surface area contributed by atoms with Crippen LogP contribution in [0.5, 0.6) is 5.75 Å². The lowest BCUT2D eigenvalue weighted by atomic mass is 9.93. The van der Waals surface area contributed by atoms with Crippen molar-refractivity contribution in [3.8, 4) is 5.75 Å². The van der Waals surface area contributed by atoms with Gasteiger partial charge in [0.25, 0.3) is 5.91 Å². The Hall–Kier alpha value is -0.740. The third-order valence-electron chi connectivity index (χ3n) is 2.90. The molecule has 17 heavy (non-hydrogen) atoms. The molecule has 0 radical (unpaired) electrons. The van der Waals surface area contributed by atoms with Crippen molar-refractivity contribution in [2.24, 2.45) is 0 Å². The van der Waals surface area contributed by atoms with Crippen LogP contribution in [0, 0.1) is 0 Å². The van der Waals surface area contributed by atoms with Gasteiger partial charge in [0.15, 0.2) is 5.75 Å². The van der Waals surface area contributed by atoms with Gasteiger partial charge in [-0.05, 0) is 47.3 Å². The van der Waals surface area contributed by atoms with E-state index in [0.717, 1.165) is 12.8 Å². The molecule has 0 saturated heterocycles. The molecule has 1 aliphatic carbocycles. The van der Waals surface area contributed by atoms with Crippen LogP contribution in [-0.4, -0.2) is 19.1 Å². The van der Waals surface area contributed by atoms with Gasteiger partial charge in [-0.3, -0.25) is 4.79 Å². The first kappa shape index (κ1) is 12.7. The zero-order valence-electron chi connectivity index (χ0n) is 9.43. The summed E-state index contributed by atoms with van der Waals surface area (Å²) in [5.41, 5.74) is 0.551. The van der Waals surface area contributed by atoms with E-state index in [1.165, 1.54) is 6.42 Å². The molecule has 0 aliphatic heterocycles. The van der Waals surface area contributed by atoms with Crippen LogP contribution in [0.25, 0.3) is 0 Å². The Morgan fingerprint density at radius 1 is 1.53 bits per heavy atom. The molecule has 1 N–H and O–H groups in total. The number of halogens is 2. The van der Waals surface area contributed by atoms with E-state index in [1.807, 2.05) is 0 Å². The van der Waals surface area contributed by atoms with Crippen LogP contribution in [0.1, 0.15) is 29.6 Å². The number of rotatable bonds is 3. The fourth-order valence-corrected chi connectivity index (χ4v) is 2.74. The highest BCUT2D eigenvalue weighted by molar-refractivity contribution is 9.10. The lowest BCUT2D eigenvalue weighted by molar-refractivity contribution is 0.0917. The number of methoxy groups -OCH3 is 1. The highest BCUT2D eigenvalue weighted by atomic mass is 79.9. The molecule has 1 saturated carbocycles. The zero-order valence-corrected chi connectivity index (χ0v) is 11.8. The topological polar surface area (TPSA) is 38.3 Å². The maximum Gasteiger partial charge on any atom is 0.251 e. The van der Waals surface area contributed by atoms with Gasteiger partial charge in [0.05, 0.1) is 16.6 Å². The van der Waals surface area contributed by atoms with Gasteiger partial charge in [-0.2, -0.15) is 0 Å². The Kier molecular flexibility index (Phi) is 3.94. The second-order valence-electron chi connectivity index (χ2n) is 4.07. The van der Waals surface area contributed by atoms with Crippen LogP contribution in [0.4, 0.5) is 0 Å². The van der Waals surface area contributed by atoms with Crippen molar-refractivity contribution in [2.75, 3.05) is 7.11 Å². The molecule has 5 heteroatoms. The van der Waals surface area contributed by atoms with E-state index < -0.39 is 0 Å². The van der Waals surface area contributed by atoms with E-state index in [2.05, 4.69) is 21.2 Å². The number of benzene rings is 1. The minimum atomic E-state index is -0.0834. The molecule has 1 fully saturated rings. The molecule has 0 spiro atoms. The SMILES string of the molecule is COc1c(Cl)cc(C(=O)NC2CCC2)cc1Br. The normalized spacial score (nSPS) is 15.2. The Bertz CT molecular complexity index is 423. The molecule has 0 unspecified atom stereocenters. The minimum Gasteiger partial charge on any atom is -0.494 e. The van der Waals surface area contributed by atoms with E-state index in [-0.39, 0.29) is 5.91 Å². The Labute approximate surface area is 114 Å². The van der Waals surface area contributed by atoms with E-state index in [0.29, 0.717) is 26.9 Å². The van der Waals surface area contributed by atoms with Gasteiger partial charge in [0, 0.05) is 11.6 Å². The molecular weight excluding hydrogens is 305 g/mol. The average molecular weight is 319 g/mol. The molecule has 1 aliphatic rings. The highest BCUT2D eigenvalue weighted by Crippen LogP contribution is 2.34. The third kappa shape index (κ3) is 2.75. The molecule has 0 bridgehead atoms. The largest absolute Gasteiger partial charge is 0.494 e.